The summed E-state index contributed by atoms with van der Waals surface area (Å²) in [5.74, 6) is -4.00. The van der Waals surface area contributed by atoms with Gasteiger partial charge in [0.1, 0.15) is 19.6 Å². The van der Waals surface area contributed by atoms with Gasteiger partial charge in [-0.05, 0) is 0 Å². The van der Waals surface area contributed by atoms with Crippen LogP contribution in [0, 0.1) is 0 Å². The predicted molar refractivity (Wildman–Crippen MR) is 72.8 cm³/mol. The average molecular weight is 390 g/mol. The standard InChI is InChI=1S/C5H8O6.C4H6O5.C2H4O4/c6-1-4(8)10-3-11-5(9)2-7;5-2-9-4(8)1-3(6)7;3-1-6-2(4)5/h6-7H,1-3H2;5H,1-2H2,(H,6,7);3H,1H2,(H,4,5). The minimum atomic E-state index is -1.46. The van der Waals surface area contributed by atoms with Gasteiger partial charge >= 0.3 is 30.0 Å². The lowest BCUT2D eigenvalue weighted by molar-refractivity contribution is -0.171. The van der Waals surface area contributed by atoms with Crippen molar-refractivity contribution in [3.63, 3.8) is 0 Å². The summed E-state index contributed by atoms with van der Waals surface area (Å²) in [4.78, 5) is 49.3. The molecule has 0 aliphatic carbocycles. The minimum absolute atomic E-state index is 0.585. The van der Waals surface area contributed by atoms with E-state index < -0.39 is 70.0 Å². The van der Waals surface area contributed by atoms with Crippen molar-refractivity contribution < 1.29 is 73.6 Å². The first-order valence-electron chi connectivity index (χ1n) is 6.12. The zero-order valence-corrected chi connectivity index (χ0v) is 13.1. The van der Waals surface area contributed by atoms with Crippen molar-refractivity contribution in [2.24, 2.45) is 0 Å². The Kier molecular flexibility index (Phi) is 21.4. The van der Waals surface area contributed by atoms with Gasteiger partial charge in [-0.25, -0.2) is 14.4 Å². The highest BCUT2D eigenvalue weighted by Crippen LogP contribution is 1.83. The van der Waals surface area contributed by atoms with Crippen molar-refractivity contribution in [2.75, 3.05) is 33.6 Å². The van der Waals surface area contributed by atoms with Crippen LogP contribution in [0.3, 0.4) is 0 Å². The van der Waals surface area contributed by atoms with Gasteiger partial charge in [-0.15, -0.1) is 0 Å². The Labute approximate surface area is 144 Å². The van der Waals surface area contributed by atoms with Crippen LogP contribution in [0.25, 0.3) is 0 Å². The molecule has 0 aromatic rings. The third-order valence-corrected chi connectivity index (χ3v) is 1.41. The molecule has 0 spiro atoms. The van der Waals surface area contributed by atoms with Crippen molar-refractivity contribution in [1.82, 2.24) is 0 Å². The fraction of sp³-hybridized carbons (Fsp3) is 0.545. The summed E-state index contributed by atoms with van der Waals surface area (Å²) < 4.78 is 15.6. The number of hydrogen-bond acceptors (Lipinski definition) is 13. The quantitative estimate of drug-likeness (QED) is 0.102. The Bertz CT molecular complexity index is 415. The molecule has 0 aliphatic rings. The third-order valence-electron chi connectivity index (χ3n) is 1.41. The van der Waals surface area contributed by atoms with Gasteiger partial charge in [0.15, 0.2) is 13.6 Å². The molecule has 0 saturated carbocycles. The molecule has 15 heteroatoms. The summed E-state index contributed by atoms with van der Waals surface area (Å²) in [7, 11) is 0. The van der Waals surface area contributed by atoms with Gasteiger partial charge in [0.2, 0.25) is 6.79 Å². The number of carbonyl (C=O) groups is 5. The summed E-state index contributed by atoms with van der Waals surface area (Å²) in [6, 6.07) is 0. The van der Waals surface area contributed by atoms with Crippen molar-refractivity contribution in [3.05, 3.63) is 0 Å². The molecule has 0 saturated heterocycles. The number of ether oxygens (including phenoxy) is 4. The molecule has 0 rings (SSSR count). The number of rotatable bonds is 8. The molecule has 0 amide bonds. The van der Waals surface area contributed by atoms with E-state index in [4.69, 9.17) is 30.6 Å². The minimum Gasteiger partial charge on any atom is -0.481 e. The highest BCUT2D eigenvalue weighted by molar-refractivity contribution is 5.89. The van der Waals surface area contributed by atoms with Crippen molar-refractivity contribution >= 4 is 30.0 Å². The Morgan fingerprint density at radius 3 is 1.27 bits per heavy atom. The van der Waals surface area contributed by atoms with Crippen LogP contribution in [-0.4, -0.2) is 94.3 Å². The van der Waals surface area contributed by atoms with Crippen LogP contribution in [0.1, 0.15) is 6.42 Å². The molecule has 0 aromatic carbocycles. The number of esters is 3. The fourth-order valence-corrected chi connectivity index (χ4v) is 0.554. The Hall–Kier alpha value is -3.01. The Balaban J connectivity index is -0.000000319. The smallest absolute Gasteiger partial charge is 0.481 e. The first-order valence-corrected chi connectivity index (χ1v) is 6.12. The van der Waals surface area contributed by atoms with Crippen LogP contribution in [-0.2, 0) is 38.1 Å². The van der Waals surface area contributed by atoms with Crippen molar-refractivity contribution in [1.29, 1.82) is 0 Å². The molecule has 0 atom stereocenters. The van der Waals surface area contributed by atoms with E-state index in [9.17, 15) is 24.0 Å². The zero-order chi connectivity index (χ0) is 21.0. The monoisotopic (exact) mass is 390 g/mol. The van der Waals surface area contributed by atoms with Crippen LogP contribution < -0.4 is 0 Å². The Morgan fingerprint density at radius 1 is 0.615 bits per heavy atom. The summed E-state index contributed by atoms with van der Waals surface area (Å²) in [5.41, 5.74) is 0. The number of carbonyl (C=O) groups excluding carboxylic acids is 3. The maximum atomic E-state index is 10.2. The number of aliphatic hydroxyl groups is 4. The fourth-order valence-electron chi connectivity index (χ4n) is 0.554. The van der Waals surface area contributed by atoms with Crippen LogP contribution in [0.5, 0.6) is 0 Å². The number of hydrogen-bond donors (Lipinski definition) is 6. The van der Waals surface area contributed by atoms with Gasteiger partial charge in [0.05, 0.1) is 0 Å². The number of aliphatic hydroxyl groups excluding tert-OH is 4. The van der Waals surface area contributed by atoms with E-state index >= 15 is 0 Å². The van der Waals surface area contributed by atoms with Crippen LogP contribution in [0.2, 0.25) is 0 Å². The van der Waals surface area contributed by atoms with Gasteiger partial charge in [-0.2, -0.15) is 0 Å². The van der Waals surface area contributed by atoms with Gasteiger partial charge < -0.3 is 49.6 Å². The molecular formula is C11H18O15. The number of carboxylic acid groups (broad SMARTS) is 2. The van der Waals surface area contributed by atoms with Crippen molar-refractivity contribution in [3.8, 4) is 0 Å². The second kappa shape index (κ2) is 20.0. The molecule has 26 heavy (non-hydrogen) atoms. The normalized spacial score (nSPS) is 8.46. The molecule has 0 aliphatic heterocycles. The largest absolute Gasteiger partial charge is 0.507 e. The van der Waals surface area contributed by atoms with Crippen LogP contribution >= 0.6 is 0 Å². The van der Waals surface area contributed by atoms with Gasteiger partial charge in [-0.3, -0.25) is 9.59 Å². The maximum Gasteiger partial charge on any atom is 0.507 e. The maximum absolute atomic E-state index is 10.2. The van der Waals surface area contributed by atoms with E-state index in [2.05, 4.69) is 18.9 Å². The zero-order valence-electron chi connectivity index (χ0n) is 13.1. The number of carboxylic acids is 1. The molecule has 0 unspecified atom stereocenters. The van der Waals surface area contributed by atoms with Crippen LogP contribution in [0.4, 0.5) is 4.79 Å². The molecule has 152 valence electrons. The Morgan fingerprint density at radius 2 is 1.04 bits per heavy atom. The van der Waals surface area contributed by atoms with Crippen LogP contribution in [0.15, 0.2) is 0 Å². The van der Waals surface area contributed by atoms with E-state index in [0.717, 1.165) is 0 Å². The first-order chi connectivity index (χ1) is 12.1. The van der Waals surface area contributed by atoms with E-state index in [1.165, 1.54) is 0 Å². The van der Waals surface area contributed by atoms with E-state index in [-0.39, 0.29) is 0 Å². The van der Waals surface area contributed by atoms with Gasteiger partial charge in [-0.1, -0.05) is 0 Å². The lowest BCUT2D eigenvalue weighted by atomic mass is 10.4. The predicted octanol–water partition coefficient (Wildman–Crippen LogP) is -3.40. The van der Waals surface area contributed by atoms with Gasteiger partial charge in [0.25, 0.3) is 0 Å². The highest BCUT2D eigenvalue weighted by Gasteiger charge is 2.06. The summed E-state index contributed by atoms with van der Waals surface area (Å²) >= 11 is 0. The molecule has 0 heterocycles. The third kappa shape index (κ3) is 29.1. The summed E-state index contributed by atoms with van der Waals surface area (Å²) in [6.07, 6.45) is -2.17. The average Bonchev–Trinajstić information content (AvgIpc) is 2.55. The van der Waals surface area contributed by atoms with E-state index in [0.29, 0.717) is 0 Å². The first kappa shape index (κ1) is 27.8. The van der Waals surface area contributed by atoms with E-state index in [1.807, 2.05) is 0 Å². The van der Waals surface area contributed by atoms with Crippen molar-refractivity contribution in [2.45, 2.75) is 6.42 Å². The molecular weight excluding hydrogens is 372 g/mol. The number of aliphatic carboxylic acids is 1. The molecule has 15 nitrogen and oxygen atoms in total. The molecule has 6 N–H and O–H groups in total. The van der Waals surface area contributed by atoms with E-state index in [1.54, 1.807) is 0 Å². The molecule has 0 aromatic heterocycles. The lowest BCUT2D eigenvalue weighted by Gasteiger charge is -2.02. The summed E-state index contributed by atoms with van der Waals surface area (Å²) in [5, 5.41) is 47.2. The lowest BCUT2D eigenvalue weighted by Crippen LogP contribution is -2.16. The second-order valence-electron chi connectivity index (χ2n) is 3.22. The molecule has 0 fully saturated rings. The molecule has 0 bridgehead atoms. The highest BCUT2D eigenvalue weighted by atomic mass is 16.7. The SMILES string of the molecule is O=C(CO)OCOC(=O)CO.O=C(O)CC(=O)OCO.O=C(O)OCO. The second-order valence-corrected chi connectivity index (χ2v) is 3.22. The molecule has 0 radical (unpaired) electrons. The topological polar surface area (TPSA) is 244 Å². The summed E-state index contributed by atoms with van der Waals surface area (Å²) in [6.45, 7) is -3.66. The van der Waals surface area contributed by atoms with Gasteiger partial charge in [0, 0.05) is 0 Å².